The fraction of sp³-hybridized carbons (Fsp3) is 0.0833. The first kappa shape index (κ1) is 14.6. The lowest BCUT2D eigenvalue weighted by molar-refractivity contribution is -0.141. The standard InChI is InChI=1S/C12H7F5N2S/c13-6-1-2-9(7(14)3-6)20-10-4-11(12(15,16)17)19-5-8(10)18/h1-5H,18H2. The van der Waals surface area contributed by atoms with Crippen LogP contribution in [-0.4, -0.2) is 4.98 Å². The average Bonchev–Trinajstić information content (AvgIpc) is 2.33. The second-order valence-electron chi connectivity index (χ2n) is 3.78. The Labute approximate surface area is 114 Å². The van der Waals surface area contributed by atoms with E-state index in [-0.39, 0.29) is 15.5 Å². The van der Waals surface area contributed by atoms with E-state index in [0.29, 0.717) is 17.8 Å². The molecule has 2 rings (SSSR count). The van der Waals surface area contributed by atoms with Crippen molar-refractivity contribution in [3.8, 4) is 0 Å². The van der Waals surface area contributed by atoms with Crippen LogP contribution in [-0.2, 0) is 6.18 Å². The molecule has 0 unspecified atom stereocenters. The molecule has 106 valence electrons. The lowest BCUT2D eigenvalue weighted by Gasteiger charge is -2.10. The smallest absolute Gasteiger partial charge is 0.397 e. The van der Waals surface area contributed by atoms with Crippen LogP contribution in [0.25, 0.3) is 0 Å². The molecule has 1 aromatic carbocycles. The first-order valence-corrected chi connectivity index (χ1v) is 6.04. The highest BCUT2D eigenvalue weighted by Crippen LogP contribution is 2.37. The summed E-state index contributed by atoms with van der Waals surface area (Å²) in [7, 11) is 0. The van der Waals surface area contributed by atoms with Gasteiger partial charge in [-0.15, -0.1) is 0 Å². The Kier molecular flexibility index (Phi) is 3.85. The van der Waals surface area contributed by atoms with Crippen molar-refractivity contribution in [1.82, 2.24) is 4.98 Å². The summed E-state index contributed by atoms with van der Waals surface area (Å²) in [6.45, 7) is 0. The number of anilines is 1. The normalized spacial score (nSPS) is 11.7. The average molecular weight is 306 g/mol. The summed E-state index contributed by atoms with van der Waals surface area (Å²) in [5.74, 6) is -1.65. The highest BCUT2D eigenvalue weighted by Gasteiger charge is 2.33. The van der Waals surface area contributed by atoms with Gasteiger partial charge in [0.05, 0.1) is 11.9 Å². The third-order valence-corrected chi connectivity index (χ3v) is 3.42. The molecule has 0 atom stereocenters. The third-order valence-electron chi connectivity index (χ3n) is 2.30. The number of rotatable bonds is 2. The van der Waals surface area contributed by atoms with E-state index in [1.807, 2.05) is 0 Å². The maximum absolute atomic E-state index is 13.5. The van der Waals surface area contributed by atoms with Gasteiger partial charge in [-0.25, -0.2) is 13.8 Å². The molecule has 0 saturated carbocycles. The van der Waals surface area contributed by atoms with Gasteiger partial charge in [-0.05, 0) is 18.2 Å². The summed E-state index contributed by atoms with van der Waals surface area (Å²) in [6.07, 6.45) is -3.77. The first-order chi connectivity index (χ1) is 9.27. The number of benzene rings is 1. The Bertz CT molecular complexity index is 642. The fourth-order valence-electron chi connectivity index (χ4n) is 1.37. The van der Waals surface area contributed by atoms with Crippen molar-refractivity contribution < 1.29 is 22.0 Å². The van der Waals surface area contributed by atoms with Crippen LogP contribution in [0.15, 0.2) is 40.3 Å². The number of nitrogen functional groups attached to an aromatic ring is 1. The van der Waals surface area contributed by atoms with Crippen molar-refractivity contribution in [3.05, 3.63) is 47.8 Å². The molecule has 0 aliphatic carbocycles. The highest BCUT2D eigenvalue weighted by molar-refractivity contribution is 7.99. The van der Waals surface area contributed by atoms with E-state index in [0.717, 1.165) is 24.4 Å². The lowest BCUT2D eigenvalue weighted by Crippen LogP contribution is -2.08. The van der Waals surface area contributed by atoms with Crippen molar-refractivity contribution in [3.63, 3.8) is 0 Å². The van der Waals surface area contributed by atoms with Gasteiger partial charge in [0.2, 0.25) is 0 Å². The molecule has 1 aromatic heterocycles. The molecule has 0 amide bonds. The Hall–Kier alpha value is -1.83. The zero-order valence-corrected chi connectivity index (χ0v) is 10.5. The molecule has 2 aromatic rings. The van der Waals surface area contributed by atoms with Crippen molar-refractivity contribution in [2.75, 3.05) is 5.73 Å². The van der Waals surface area contributed by atoms with Crippen LogP contribution in [0, 0.1) is 11.6 Å². The zero-order valence-electron chi connectivity index (χ0n) is 9.71. The lowest BCUT2D eigenvalue weighted by atomic mass is 10.3. The summed E-state index contributed by atoms with van der Waals surface area (Å²) < 4.78 is 63.8. The second-order valence-corrected chi connectivity index (χ2v) is 4.87. The van der Waals surface area contributed by atoms with Crippen LogP contribution in [0.1, 0.15) is 5.69 Å². The molecule has 0 radical (unpaired) electrons. The van der Waals surface area contributed by atoms with Crippen LogP contribution in [0.5, 0.6) is 0 Å². The van der Waals surface area contributed by atoms with Crippen molar-refractivity contribution in [2.24, 2.45) is 0 Å². The van der Waals surface area contributed by atoms with Gasteiger partial charge in [-0.2, -0.15) is 13.2 Å². The number of alkyl halides is 3. The second kappa shape index (κ2) is 5.28. The predicted octanol–water partition coefficient (Wildman–Crippen LogP) is 4.11. The van der Waals surface area contributed by atoms with Crippen molar-refractivity contribution in [2.45, 2.75) is 16.0 Å². The van der Waals surface area contributed by atoms with Crippen LogP contribution < -0.4 is 5.73 Å². The Balaban J connectivity index is 2.38. The third kappa shape index (κ3) is 3.19. The Morgan fingerprint density at radius 3 is 2.35 bits per heavy atom. The molecule has 20 heavy (non-hydrogen) atoms. The predicted molar refractivity (Wildman–Crippen MR) is 64.1 cm³/mol. The monoisotopic (exact) mass is 306 g/mol. The Morgan fingerprint density at radius 2 is 1.75 bits per heavy atom. The van der Waals surface area contributed by atoms with Crippen LogP contribution in [0.4, 0.5) is 27.6 Å². The summed E-state index contributed by atoms with van der Waals surface area (Å²) in [6, 6.07) is 3.50. The highest BCUT2D eigenvalue weighted by atomic mass is 32.2. The van der Waals surface area contributed by atoms with Gasteiger partial charge in [-0.3, -0.25) is 0 Å². The fourth-order valence-corrected chi connectivity index (χ4v) is 2.24. The number of pyridine rings is 1. The van der Waals surface area contributed by atoms with Gasteiger partial charge in [0.1, 0.15) is 17.3 Å². The van der Waals surface area contributed by atoms with Gasteiger partial charge in [-0.1, -0.05) is 11.8 Å². The minimum atomic E-state index is -4.62. The first-order valence-electron chi connectivity index (χ1n) is 5.23. The molecule has 0 saturated heterocycles. The topological polar surface area (TPSA) is 38.9 Å². The maximum Gasteiger partial charge on any atom is 0.433 e. The molecule has 0 bridgehead atoms. The number of halogens is 5. The SMILES string of the molecule is Nc1cnc(C(F)(F)F)cc1Sc1ccc(F)cc1F. The van der Waals surface area contributed by atoms with Gasteiger partial charge >= 0.3 is 6.18 Å². The quantitative estimate of drug-likeness (QED) is 0.849. The van der Waals surface area contributed by atoms with Crippen LogP contribution >= 0.6 is 11.8 Å². The molecule has 0 fully saturated rings. The van der Waals surface area contributed by atoms with Crippen molar-refractivity contribution >= 4 is 17.4 Å². The molecule has 0 aliphatic heterocycles. The molecular weight excluding hydrogens is 299 g/mol. The summed E-state index contributed by atoms with van der Waals surface area (Å²) >= 11 is 0.673. The maximum atomic E-state index is 13.5. The van der Waals surface area contributed by atoms with Crippen LogP contribution in [0.2, 0.25) is 0 Å². The van der Waals surface area contributed by atoms with Gasteiger partial charge < -0.3 is 5.73 Å². The molecule has 1 heterocycles. The number of hydrogen-bond acceptors (Lipinski definition) is 3. The van der Waals surface area contributed by atoms with Crippen molar-refractivity contribution in [1.29, 1.82) is 0 Å². The molecular formula is C12H7F5N2S. The van der Waals surface area contributed by atoms with Gasteiger partial charge in [0.15, 0.2) is 0 Å². The molecule has 2 nitrogen and oxygen atoms in total. The van der Waals surface area contributed by atoms with E-state index < -0.39 is 23.5 Å². The number of hydrogen-bond donors (Lipinski definition) is 1. The van der Waals surface area contributed by atoms with E-state index in [1.165, 1.54) is 0 Å². The summed E-state index contributed by atoms with van der Waals surface area (Å²) in [4.78, 5) is 3.14. The van der Waals surface area contributed by atoms with E-state index >= 15 is 0 Å². The largest absolute Gasteiger partial charge is 0.433 e. The molecule has 0 aliphatic rings. The minimum Gasteiger partial charge on any atom is -0.397 e. The number of nitrogens with zero attached hydrogens (tertiary/aromatic N) is 1. The Morgan fingerprint density at radius 1 is 1.05 bits per heavy atom. The molecule has 0 spiro atoms. The zero-order chi connectivity index (χ0) is 14.9. The minimum absolute atomic E-state index is 0.00201. The number of aromatic nitrogens is 1. The molecule has 2 N–H and O–H groups in total. The summed E-state index contributed by atoms with van der Waals surface area (Å²) in [5, 5.41) is 0. The van der Waals surface area contributed by atoms with E-state index in [2.05, 4.69) is 4.98 Å². The van der Waals surface area contributed by atoms with Gasteiger partial charge in [0, 0.05) is 15.9 Å². The number of nitrogens with two attached hydrogens (primary N) is 1. The van der Waals surface area contributed by atoms with Gasteiger partial charge in [0.25, 0.3) is 0 Å². The van der Waals surface area contributed by atoms with E-state index in [1.54, 1.807) is 0 Å². The van der Waals surface area contributed by atoms with Crippen LogP contribution in [0.3, 0.4) is 0 Å². The van der Waals surface area contributed by atoms with E-state index in [4.69, 9.17) is 5.73 Å². The van der Waals surface area contributed by atoms with E-state index in [9.17, 15) is 22.0 Å². The molecule has 8 heteroatoms. The summed E-state index contributed by atoms with van der Waals surface area (Å²) in [5.41, 5.74) is 4.36.